The van der Waals surface area contributed by atoms with E-state index in [9.17, 15) is 4.79 Å². The van der Waals surface area contributed by atoms with Crippen molar-refractivity contribution < 1.29 is 9.53 Å². The maximum Gasteiger partial charge on any atom is 0.178 e. The van der Waals surface area contributed by atoms with Crippen LogP contribution in [0.1, 0.15) is 33.6 Å². The lowest BCUT2D eigenvalue weighted by Crippen LogP contribution is -2.26. The summed E-state index contributed by atoms with van der Waals surface area (Å²) in [5.41, 5.74) is -0.0638. The van der Waals surface area contributed by atoms with Crippen molar-refractivity contribution in [1.29, 1.82) is 0 Å². The summed E-state index contributed by atoms with van der Waals surface area (Å²) in [5.74, 6) is 0.574. The Hall–Kier alpha value is -0.760. The zero-order valence-electron chi connectivity index (χ0n) is 9.47. The summed E-state index contributed by atoms with van der Waals surface area (Å²) in [6.45, 7) is 9.58. The highest BCUT2D eigenvalue weighted by molar-refractivity contribution is 6.43. The van der Waals surface area contributed by atoms with Crippen molar-refractivity contribution >= 4 is 17.4 Å². The average Bonchev–Trinajstić information content (AvgIpc) is 2.12. The average molecular weight is 229 g/mol. The first kappa shape index (κ1) is 12.3. The molecule has 0 heterocycles. The maximum atomic E-state index is 11.6. The first-order valence-corrected chi connectivity index (χ1v) is 5.44. The molecular formula is C12H17ClO2. The van der Waals surface area contributed by atoms with E-state index in [-0.39, 0.29) is 22.3 Å². The van der Waals surface area contributed by atoms with Crippen molar-refractivity contribution in [2.24, 2.45) is 5.41 Å². The third-order valence-corrected chi connectivity index (χ3v) is 2.85. The molecule has 1 rings (SSSR count). The van der Waals surface area contributed by atoms with Crippen molar-refractivity contribution in [3.05, 3.63) is 23.4 Å². The Morgan fingerprint density at radius 1 is 1.53 bits per heavy atom. The van der Waals surface area contributed by atoms with Crippen molar-refractivity contribution in [2.75, 3.05) is 0 Å². The van der Waals surface area contributed by atoms with Gasteiger partial charge in [-0.1, -0.05) is 38.1 Å². The van der Waals surface area contributed by atoms with E-state index < -0.39 is 0 Å². The van der Waals surface area contributed by atoms with Crippen LogP contribution in [-0.2, 0) is 9.53 Å². The molecule has 0 aromatic carbocycles. The molecule has 15 heavy (non-hydrogen) atoms. The molecule has 1 aliphatic carbocycles. The predicted molar refractivity (Wildman–Crippen MR) is 61.6 cm³/mol. The Morgan fingerprint density at radius 3 is 2.67 bits per heavy atom. The molecule has 0 saturated heterocycles. The molecule has 2 nitrogen and oxygen atoms in total. The van der Waals surface area contributed by atoms with Gasteiger partial charge < -0.3 is 4.74 Å². The summed E-state index contributed by atoms with van der Waals surface area (Å²) in [6, 6.07) is 0. The summed E-state index contributed by atoms with van der Waals surface area (Å²) < 4.78 is 5.57. The van der Waals surface area contributed by atoms with Crippen molar-refractivity contribution in [2.45, 2.75) is 39.7 Å². The van der Waals surface area contributed by atoms with E-state index >= 15 is 0 Å². The van der Waals surface area contributed by atoms with Crippen LogP contribution in [0.5, 0.6) is 0 Å². The third-order valence-electron chi connectivity index (χ3n) is 2.43. The quantitative estimate of drug-likeness (QED) is 0.692. The van der Waals surface area contributed by atoms with Gasteiger partial charge in [-0.2, -0.15) is 0 Å². The van der Waals surface area contributed by atoms with Gasteiger partial charge in [0.2, 0.25) is 0 Å². The van der Waals surface area contributed by atoms with Crippen LogP contribution < -0.4 is 0 Å². The minimum absolute atomic E-state index is 0.0285. The Balaban J connectivity index is 2.88. The molecule has 0 aliphatic heterocycles. The van der Waals surface area contributed by atoms with Crippen LogP contribution in [0.4, 0.5) is 0 Å². The van der Waals surface area contributed by atoms with Crippen LogP contribution >= 0.6 is 11.6 Å². The molecule has 1 aliphatic rings. The highest BCUT2D eigenvalue weighted by atomic mass is 35.5. The summed E-state index contributed by atoms with van der Waals surface area (Å²) in [7, 11) is 0. The lowest BCUT2D eigenvalue weighted by molar-refractivity contribution is -0.118. The zero-order chi connectivity index (χ0) is 11.6. The molecule has 84 valence electrons. The van der Waals surface area contributed by atoms with Crippen LogP contribution in [0.3, 0.4) is 0 Å². The molecule has 1 atom stereocenters. The molecule has 0 fully saturated rings. The fourth-order valence-corrected chi connectivity index (χ4v) is 1.79. The monoisotopic (exact) mass is 228 g/mol. The molecule has 0 N–H and O–H groups in total. The molecule has 0 amide bonds. The molecular weight excluding hydrogens is 212 g/mol. The number of carbonyl (C=O) groups is 1. The number of ketones is 1. The molecule has 0 spiro atoms. The summed E-state index contributed by atoms with van der Waals surface area (Å²) >= 11 is 5.93. The molecule has 3 heteroatoms. The van der Waals surface area contributed by atoms with E-state index in [4.69, 9.17) is 16.3 Å². The Bertz CT molecular complexity index is 316. The fraction of sp³-hybridized carbons (Fsp3) is 0.583. The topological polar surface area (TPSA) is 26.3 Å². The summed E-state index contributed by atoms with van der Waals surface area (Å²) in [4.78, 5) is 11.6. The van der Waals surface area contributed by atoms with E-state index in [1.54, 1.807) is 6.08 Å². The first-order chi connectivity index (χ1) is 6.85. The van der Waals surface area contributed by atoms with Gasteiger partial charge >= 0.3 is 0 Å². The summed E-state index contributed by atoms with van der Waals surface area (Å²) in [6.07, 6.45) is 2.76. The van der Waals surface area contributed by atoms with Gasteiger partial charge in [0.05, 0.1) is 0 Å². The van der Waals surface area contributed by atoms with E-state index in [1.807, 2.05) is 20.8 Å². The van der Waals surface area contributed by atoms with Gasteiger partial charge in [0.15, 0.2) is 5.78 Å². The highest BCUT2D eigenvalue weighted by Crippen LogP contribution is 2.38. The smallest absolute Gasteiger partial charge is 0.178 e. The van der Waals surface area contributed by atoms with Gasteiger partial charge in [-0.05, 0) is 12.3 Å². The van der Waals surface area contributed by atoms with Crippen LogP contribution in [0.25, 0.3) is 0 Å². The van der Waals surface area contributed by atoms with Gasteiger partial charge in [-0.25, -0.2) is 0 Å². The lowest BCUT2D eigenvalue weighted by Gasteiger charge is -2.30. The standard InChI is InChI=1S/C12H17ClO2/c1-5-8(2)15-10-7-12(3,4)6-9(14)11(10)13/h5,8H,1,6-7H2,2-4H3. The number of rotatable bonds is 3. The number of hydrogen-bond donors (Lipinski definition) is 0. The van der Waals surface area contributed by atoms with Gasteiger partial charge in [-0.3, -0.25) is 4.79 Å². The predicted octanol–water partition coefficient (Wildman–Crippen LogP) is 3.42. The number of Topliss-reactive ketones (excluding diaryl/α,β-unsaturated/α-hetero) is 1. The van der Waals surface area contributed by atoms with E-state index in [2.05, 4.69) is 6.58 Å². The summed E-state index contributed by atoms with van der Waals surface area (Å²) in [5, 5.41) is 0.253. The van der Waals surface area contributed by atoms with Crippen molar-refractivity contribution in [3.63, 3.8) is 0 Å². The number of carbonyl (C=O) groups excluding carboxylic acids is 1. The molecule has 0 aromatic rings. The first-order valence-electron chi connectivity index (χ1n) is 5.07. The van der Waals surface area contributed by atoms with Gasteiger partial charge in [-0.15, -0.1) is 0 Å². The molecule has 0 saturated carbocycles. The Kier molecular flexibility index (Phi) is 3.61. The number of allylic oxidation sites excluding steroid dienone is 2. The number of halogens is 1. The highest BCUT2D eigenvalue weighted by Gasteiger charge is 2.33. The molecule has 0 aromatic heterocycles. The van der Waals surface area contributed by atoms with E-state index in [0.717, 1.165) is 0 Å². The Labute approximate surface area is 95.9 Å². The second kappa shape index (κ2) is 4.40. The molecule has 0 bridgehead atoms. The largest absolute Gasteiger partial charge is 0.489 e. The number of hydrogen-bond acceptors (Lipinski definition) is 2. The van der Waals surface area contributed by atoms with Gasteiger partial charge in [0.25, 0.3) is 0 Å². The molecule has 0 radical (unpaired) electrons. The van der Waals surface area contributed by atoms with Gasteiger partial charge in [0, 0.05) is 12.8 Å². The van der Waals surface area contributed by atoms with Crippen LogP contribution in [-0.4, -0.2) is 11.9 Å². The zero-order valence-corrected chi connectivity index (χ0v) is 10.2. The minimum atomic E-state index is -0.115. The minimum Gasteiger partial charge on any atom is -0.489 e. The van der Waals surface area contributed by atoms with E-state index in [1.165, 1.54) is 0 Å². The number of ether oxygens (including phenoxy) is 1. The molecule has 1 unspecified atom stereocenters. The third kappa shape index (κ3) is 3.10. The Morgan fingerprint density at radius 2 is 2.13 bits per heavy atom. The maximum absolute atomic E-state index is 11.6. The second-order valence-electron chi connectivity index (χ2n) is 4.74. The van der Waals surface area contributed by atoms with Crippen LogP contribution in [0.15, 0.2) is 23.4 Å². The van der Waals surface area contributed by atoms with Crippen molar-refractivity contribution in [3.8, 4) is 0 Å². The van der Waals surface area contributed by atoms with Crippen LogP contribution in [0.2, 0.25) is 0 Å². The van der Waals surface area contributed by atoms with E-state index in [0.29, 0.717) is 18.6 Å². The second-order valence-corrected chi connectivity index (χ2v) is 5.11. The fourth-order valence-electron chi connectivity index (χ4n) is 1.61. The SMILES string of the molecule is C=CC(C)OC1=C(Cl)C(=O)CC(C)(C)C1. The normalized spacial score (nSPS) is 22.5. The lowest BCUT2D eigenvalue weighted by atomic mass is 9.79. The van der Waals surface area contributed by atoms with Crippen molar-refractivity contribution in [1.82, 2.24) is 0 Å². The van der Waals surface area contributed by atoms with Crippen LogP contribution in [0, 0.1) is 5.41 Å². The van der Waals surface area contributed by atoms with Gasteiger partial charge in [0.1, 0.15) is 16.9 Å².